The minimum atomic E-state index is 0.504. The van der Waals surface area contributed by atoms with Crippen LogP contribution in [0.25, 0.3) is 5.65 Å². The molecule has 1 fully saturated rings. The summed E-state index contributed by atoms with van der Waals surface area (Å²) in [4.78, 5) is 8.53. The zero-order valence-electron chi connectivity index (χ0n) is 12.2. The molecule has 0 saturated carbocycles. The van der Waals surface area contributed by atoms with Gasteiger partial charge in [-0.25, -0.2) is 4.98 Å². The number of hydrogen-bond acceptors (Lipinski definition) is 3. The Bertz CT molecular complexity index is 758. The monoisotopic (exact) mass is 297 g/mol. The van der Waals surface area contributed by atoms with E-state index < -0.39 is 0 Å². The van der Waals surface area contributed by atoms with Crippen molar-refractivity contribution in [2.24, 2.45) is 0 Å². The molecule has 4 heteroatoms. The van der Waals surface area contributed by atoms with Crippen molar-refractivity contribution in [3.8, 4) is 0 Å². The summed E-state index contributed by atoms with van der Waals surface area (Å²) >= 11 is 1.88. The lowest BCUT2D eigenvalue weighted by Gasteiger charge is -2.25. The molecule has 0 spiro atoms. The Morgan fingerprint density at radius 1 is 1.33 bits per heavy atom. The van der Waals surface area contributed by atoms with Gasteiger partial charge in [0.05, 0.1) is 6.04 Å². The second-order valence-corrected chi connectivity index (χ2v) is 6.76. The lowest BCUT2D eigenvalue weighted by molar-refractivity contribution is 0.245. The van der Waals surface area contributed by atoms with Gasteiger partial charge in [0, 0.05) is 29.5 Å². The number of aryl methyl sites for hydroxylation is 1. The van der Waals surface area contributed by atoms with Crippen molar-refractivity contribution in [2.45, 2.75) is 32.4 Å². The van der Waals surface area contributed by atoms with Crippen LogP contribution in [0.4, 0.5) is 0 Å². The maximum Gasteiger partial charge on any atom is 0.136 e. The highest BCUT2D eigenvalue weighted by molar-refractivity contribution is 7.10. The second kappa shape index (κ2) is 5.28. The second-order valence-electron chi connectivity index (χ2n) is 5.76. The van der Waals surface area contributed by atoms with Crippen molar-refractivity contribution in [3.63, 3.8) is 0 Å². The summed E-state index contributed by atoms with van der Waals surface area (Å²) in [5.74, 6) is 0. The Balaban J connectivity index is 1.67. The van der Waals surface area contributed by atoms with Gasteiger partial charge in [-0.1, -0.05) is 6.07 Å². The van der Waals surface area contributed by atoms with Gasteiger partial charge < -0.3 is 4.40 Å². The number of aromatic nitrogens is 2. The van der Waals surface area contributed by atoms with Gasteiger partial charge in [-0.3, -0.25) is 4.90 Å². The Labute approximate surface area is 128 Å². The molecule has 0 N–H and O–H groups in total. The van der Waals surface area contributed by atoms with Gasteiger partial charge >= 0.3 is 0 Å². The van der Waals surface area contributed by atoms with E-state index in [0.29, 0.717) is 6.04 Å². The number of rotatable bonds is 3. The van der Waals surface area contributed by atoms with E-state index >= 15 is 0 Å². The molecular formula is C17H19N3S. The van der Waals surface area contributed by atoms with Gasteiger partial charge in [0.15, 0.2) is 0 Å². The summed E-state index contributed by atoms with van der Waals surface area (Å²) in [7, 11) is 0. The first-order chi connectivity index (χ1) is 10.3. The SMILES string of the molecule is Cc1ccsc1CN1CCCC1c1cccc2nccn12. The van der Waals surface area contributed by atoms with Crippen LogP contribution in [0.15, 0.2) is 42.0 Å². The van der Waals surface area contributed by atoms with Crippen LogP contribution in [0.5, 0.6) is 0 Å². The third-order valence-electron chi connectivity index (χ3n) is 4.48. The summed E-state index contributed by atoms with van der Waals surface area (Å²) < 4.78 is 2.24. The summed E-state index contributed by atoms with van der Waals surface area (Å²) in [5, 5.41) is 2.20. The quantitative estimate of drug-likeness (QED) is 0.727. The maximum atomic E-state index is 4.41. The van der Waals surface area contributed by atoms with E-state index in [9.17, 15) is 0 Å². The van der Waals surface area contributed by atoms with Gasteiger partial charge in [0.2, 0.25) is 0 Å². The highest BCUT2D eigenvalue weighted by Gasteiger charge is 2.28. The molecule has 1 aliphatic rings. The average Bonchev–Trinajstić information content (AvgIpc) is 3.21. The molecule has 3 nitrogen and oxygen atoms in total. The Hall–Kier alpha value is -1.65. The van der Waals surface area contributed by atoms with Crippen molar-refractivity contribution < 1.29 is 0 Å². The van der Waals surface area contributed by atoms with E-state index in [-0.39, 0.29) is 0 Å². The fraction of sp³-hybridized carbons (Fsp3) is 0.353. The van der Waals surface area contributed by atoms with Crippen LogP contribution in [0.3, 0.4) is 0 Å². The fourth-order valence-electron chi connectivity index (χ4n) is 3.34. The van der Waals surface area contributed by atoms with E-state index in [1.54, 1.807) is 0 Å². The molecule has 4 rings (SSSR count). The Morgan fingerprint density at radius 3 is 3.14 bits per heavy atom. The van der Waals surface area contributed by atoms with Crippen molar-refractivity contribution in [3.05, 3.63) is 58.2 Å². The molecule has 0 radical (unpaired) electrons. The zero-order chi connectivity index (χ0) is 14.2. The van der Waals surface area contributed by atoms with Crippen LogP contribution in [-0.4, -0.2) is 20.8 Å². The van der Waals surface area contributed by atoms with Gasteiger partial charge in [0.1, 0.15) is 5.65 Å². The van der Waals surface area contributed by atoms with E-state index in [4.69, 9.17) is 0 Å². The summed E-state index contributed by atoms with van der Waals surface area (Å²) in [6, 6.07) is 9.18. The van der Waals surface area contributed by atoms with Crippen LogP contribution in [0.2, 0.25) is 0 Å². The third-order valence-corrected chi connectivity index (χ3v) is 5.49. The number of hydrogen-bond donors (Lipinski definition) is 0. The van der Waals surface area contributed by atoms with Crippen molar-refractivity contribution in [1.82, 2.24) is 14.3 Å². The first-order valence-corrected chi connectivity index (χ1v) is 8.40. The predicted molar refractivity (Wildman–Crippen MR) is 86.6 cm³/mol. The van der Waals surface area contributed by atoms with Crippen LogP contribution in [0, 0.1) is 6.92 Å². The Morgan fingerprint density at radius 2 is 2.29 bits per heavy atom. The number of nitrogens with zero attached hydrogens (tertiary/aromatic N) is 3. The Kier molecular flexibility index (Phi) is 3.28. The predicted octanol–water partition coefficient (Wildman–Crippen LogP) is 4.04. The van der Waals surface area contributed by atoms with Crippen molar-refractivity contribution in [2.75, 3.05) is 6.54 Å². The van der Waals surface area contributed by atoms with Crippen LogP contribution < -0.4 is 0 Å². The number of likely N-dealkylation sites (tertiary alicyclic amines) is 1. The molecule has 0 aliphatic carbocycles. The first kappa shape index (κ1) is 13.0. The van der Waals surface area contributed by atoms with Crippen molar-refractivity contribution >= 4 is 17.0 Å². The molecule has 0 amide bonds. The van der Waals surface area contributed by atoms with E-state index in [2.05, 4.69) is 57.1 Å². The van der Waals surface area contributed by atoms with Gasteiger partial charge in [-0.05, 0) is 55.5 Å². The van der Waals surface area contributed by atoms with Gasteiger partial charge in [-0.2, -0.15) is 0 Å². The van der Waals surface area contributed by atoms with Crippen LogP contribution in [0.1, 0.15) is 35.0 Å². The molecule has 108 valence electrons. The molecule has 0 bridgehead atoms. The smallest absolute Gasteiger partial charge is 0.136 e. The summed E-state index contributed by atoms with van der Waals surface area (Å²) in [6.45, 7) is 4.47. The van der Waals surface area contributed by atoms with E-state index in [1.165, 1.54) is 35.5 Å². The van der Waals surface area contributed by atoms with E-state index in [1.807, 2.05) is 17.5 Å². The van der Waals surface area contributed by atoms with Gasteiger partial charge in [0.25, 0.3) is 0 Å². The molecule has 1 unspecified atom stereocenters. The van der Waals surface area contributed by atoms with E-state index in [0.717, 1.165) is 12.2 Å². The topological polar surface area (TPSA) is 20.5 Å². The summed E-state index contributed by atoms with van der Waals surface area (Å²) in [6.07, 6.45) is 6.49. The minimum Gasteiger partial charge on any atom is -0.302 e. The highest BCUT2D eigenvalue weighted by atomic mass is 32.1. The first-order valence-electron chi connectivity index (χ1n) is 7.52. The molecule has 1 saturated heterocycles. The lowest BCUT2D eigenvalue weighted by Crippen LogP contribution is -2.24. The summed E-state index contributed by atoms with van der Waals surface area (Å²) in [5.41, 5.74) is 3.84. The molecule has 0 aromatic carbocycles. The van der Waals surface area contributed by atoms with Crippen LogP contribution >= 0.6 is 11.3 Å². The highest BCUT2D eigenvalue weighted by Crippen LogP contribution is 2.34. The van der Waals surface area contributed by atoms with Gasteiger partial charge in [-0.15, -0.1) is 11.3 Å². The number of thiophene rings is 1. The number of imidazole rings is 1. The average molecular weight is 297 g/mol. The molecule has 3 aromatic heterocycles. The third kappa shape index (κ3) is 2.28. The molecule has 4 heterocycles. The zero-order valence-corrected chi connectivity index (χ0v) is 13.0. The molecular weight excluding hydrogens is 278 g/mol. The lowest BCUT2D eigenvalue weighted by atomic mass is 10.1. The molecule has 3 aromatic rings. The largest absolute Gasteiger partial charge is 0.302 e. The minimum absolute atomic E-state index is 0.504. The normalized spacial score (nSPS) is 19.6. The maximum absolute atomic E-state index is 4.41. The standard InChI is InChI=1S/C17H19N3S/c1-13-7-11-21-16(13)12-19-9-3-5-14(19)15-4-2-6-17-18-8-10-20(15)17/h2,4,6-8,10-11,14H,3,5,9,12H2,1H3. The number of fused-ring (bicyclic) bond motifs is 1. The molecule has 1 atom stereocenters. The van der Waals surface area contributed by atoms with Crippen LogP contribution in [-0.2, 0) is 6.54 Å². The fourth-order valence-corrected chi connectivity index (χ4v) is 4.27. The van der Waals surface area contributed by atoms with Crippen molar-refractivity contribution in [1.29, 1.82) is 0 Å². The molecule has 21 heavy (non-hydrogen) atoms. The number of pyridine rings is 1. The molecule has 1 aliphatic heterocycles.